The monoisotopic (exact) mass is 1170 g/mol. The number of phenolic OH excluding ortho intramolecular Hbond substituents is 8. The lowest BCUT2D eigenvalue weighted by molar-refractivity contribution is 0.473. The summed E-state index contributed by atoms with van der Waals surface area (Å²) in [6, 6.07) is 93.1. The van der Waals surface area contributed by atoms with Crippen LogP contribution in [0.15, 0.2) is 291 Å². The molecule has 0 heterocycles. The second kappa shape index (κ2) is 23.0. The summed E-state index contributed by atoms with van der Waals surface area (Å²) in [5.41, 5.74) is 10.9. The molecule has 8 N–H and O–H groups in total. The fourth-order valence-electron chi connectivity index (χ4n) is 13.6. The zero-order valence-corrected chi connectivity index (χ0v) is 49.8. The minimum Gasteiger partial charge on any atom is -0.508 e. The minimum atomic E-state index is -1.09. The van der Waals surface area contributed by atoms with E-state index in [0.29, 0.717) is 0 Å². The van der Waals surface area contributed by atoms with Crippen molar-refractivity contribution >= 4 is 0 Å². The second-order valence-corrected chi connectivity index (χ2v) is 23.9. The van der Waals surface area contributed by atoms with Gasteiger partial charge in [-0.25, -0.2) is 0 Å². The molecule has 0 spiro atoms. The maximum absolute atomic E-state index is 10.6. The molecule has 12 rings (SSSR count). The summed E-state index contributed by atoms with van der Waals surface area (Å²) in [6.45, 7) is 8.62. The molecule has 8 nitrogen and oxygen atoms in total. The number of hydrogen-bond donors (Lipinski definition) is 8. The molecule has 12 aromatic carbocycles. The number of hydrogen-bond acceptors (Lipinski definition) is 8. The average Bonchev–Trinajstić information content (AvgIpc) is 0.849. The number of aromatic hydroxyl groups is 8. The highest BCUT2D eigenvalue weighted by molar-refractivity contribution is 5.65. The van der Waals surface area contributed by atoms with E-state index in [-0.39, 0.29) is 46.0 Å². The van der Waals surface area contributed by atoms with Crippen LogP contribution < -0.4 is 0 Å². The van der Waals surface area contributed by atoms with Crippen molar-refractivity contribution in [3.05, 3.63) is 380 Å². The Kier molecular flexibility index (Phi) is 15.1. The van der Waals surface area contributed by atoms with Gasteiger partial charge in [0.15, 0.2) is 0 Å². The third-order valence-electron chi connectivity index (χ3n) is 19.1. The normalized spacial score (nSPS) is 12.2. The van der Waals surface area contributed by atoms with Crippen LogP contribution in [0.5, 0.6) is 46.0 Å². The fraction of sp³-hybridized carbons (Fsp3) is 0.111. The third kappa shape index (κ3) is 10.3. The van der Waals surface area contributed by atoms with Gasteiger partial charge in [-0.1, -0.05) is 194 Å². The van der Waals surface area contributed by atoms with Gasteiger partial charge in [-0.05, 0) is 214 Å². The molecule has 0 saturated heterocycles. The van der Waals surface area contributed by atoms with E-state index >= 15 is 0 Å². The quantitative estimate of drug-likeness (QED) is 0.0444. The lowest BCUT2D eigenvalue weighted by Gasteiger charge is -2.40. The summed E-state index contributed by atoms with van der Waals surface area (Å²) >= 11 is 0. The summed E-state index contributed by atoms with van der Waals surface area (Å²) < 4.78 is 0. The van der Waals surface area contributed by atoms with Crippen molar-refractivity contribution < 1.29 is 40.9 Å². The van der Waals surface area contributed by atoms with Crippen molar-refractivity contribution in [1.82, 2.24) is 0 Å². The summed E-state index contributed by atoms with van der Waals surface area (Å²) in [6.07, 6.45) is 0. The van der Waals surface area contributed by atoms with Crippen LogP contribution in [0.2, 0.25) is 0 Å². The molecule has 89 heavy (non-hydrogen) atoms. The molecule has 0 aliphatic heterocycles. The molecule has 0 aromatic heterocycles. The Labute approximate surface area is 519 Å². The van der Waals surface area contributed by atoms with Crippen LogP contribution in [-0.4, -0.2) is 40.9 Å². The predicted octanol–water partition coefficient (Wildman–Crippen LogP) is 17.1. The van der Waals surface area contributed by atoms with Gasteiger partial charge in [-0.2, -0.15) is 0 Å². The van der Waals surface area contributed by atoms with Gasteiger partial charge in [0.1, 0.15) is 46.0 Å². The zero-order valence-electron chi connectivity index (χ0n) is 49.8. The molecule has 0 unspecified atom stereocenters. The van der Waals surface area contributed by atoms with E-state index in [1.165, 1.54) is 0 Å². The molecular formula is C81H68O8. The molecule has 0 radical (unpaired) electrons. The Morgan fingerprint density at radius 1 is 0.135 bits per heavy atom. The van der Waals surface area contributed by atoms with E-state index in [1.807, 2.05) is 97.1 Å². The van der Waals surface area contributed by atoms with Gasteiger partial charge >= 0.3 is 0 Å². The molecule has 0 aliphatic rings. The molecule has 440 valence electrons. The first-order valence-corrected chi connectivity index (χ1v) is 29.6. The molecule has 12 aromatic rings. The van der Waals surface area contributed by atoms with Gasteiger partial charge in [0, 0.05) is 21.7 Å². The molecule has 8 heteroatoms. The lowest BCUT2D eigenvalue weighted by Crippen LogP contribution is -2.33. The highest BCUT2D eigenvalue weighted by Crippen LogP contribution is 2.51. The van der Waals surface area contributed by atoms with Crippen molar-refractivity contribution in [2.75, 3.05) is 0 Å². The van der Waals surface area contributed by atoms with Crippen LogP contribution in [-0.2, 0) is 27.1 Å². The molecule has 0 amide bonds. The summed E-state index contributed by atoms with van der Waals surface area (Å²) in [7, 11) is 0. The first kappa shape index (κ1) is 58.4. The molecule has 0 aliphatic carbocycles. The third-order valence-corrected chi connectivity index (χ3v) is 19.1. The Balaban J connectivity index is 1.13. The van der Waals surface area contributed by atoms with Gasteiger partial charge in [-0.3, -0.25) is 0 Å². The smallest absolute Gasteiger partial charge is 0.115 e. The van der Waals surface area contributed by atoms with E-state index in [1.54, 1.807) is 97.1 Å². The van der Waals surface area contributed by atoms with Gasteiger partial charge in [-0.15, -0.1) is 0 Å². The Hall–Kier alpha value is -11.0. The van der Waals surface area contributed by atoms with E-state index in [9.17, 15) is 40.9 Å². The van der Waals surface area contributed by atoms with E-state index < -0.39 is 27.1 Å². The molecule has 0 bridgehead atoms. The van der Waals surface area contributed by atoms with Gasteiger partial charge < -0.3 is 40.9 Å². The molecule has 0 saturated carbocycles. The van der Waals surface area contributed by atoms with Crippen molar-refractivity contribution in [1.29, 1.82) is 0 Å². The molecular weight excluding hydrogens is 1100 g/mol. The topological polar surface area (TPSA) is 162 Å². The first-order chi connectivity index (χ1) is 42.8. The average molecular weight is 1170 g/mol. The largest absolute Gasteiger partial charge is 0.508 e. The van der Waals surface area contributed by atoms with E-state index in [4.69, 9.17) is 0 Å². The fourth-order valence-corrected chi connectivity index (χ4v) is 13.6. The lowest BCUT2D eigenvalue weighted by atomic mass is 9.62. The van der Waals surface area contributed by atoms with Crippen molar-refractivity contribution in [3.63, 3.8) is 0 Å². The summed E-state index contributed by atoms with van der Waals surface area (Å²) in [4.78, 5) is 0. The van der Waals surface area contributed by atoms with Gasteiger partial charge in [0.25, 0.3) is 0 Å². The Morgan fingerprint density at radius 3 is 0.315 bits per heavy atom. The number of benzene rings is 12. The summed E-state index contributed by atoms with van der Waals surface area (Å²) in [5, 5.41) is 84.4. The van der Waals surface area contributed by atoms with E-state index in [2.05, 4.69) is 125 Å². The standard InChI is InChI=1S/C81H68O8/c1-77(57-21-37-69(82)38-22-57,58-23-39-70(83)40-24-58)53-5-13-65(14-6-53)81(66-15-7-54(8-16-66)78(2,59-25-41-71(84)42-26-59)60-27-43-72(85)44-28-60,67-17-9-55(10-18-67)79(3,61-29-45-73(86)46-30-61)62-31-47-74(87)48-32-62)68-19-11-56(12-20-68)80(4,63-33-49-75(88)50-34-63)64-35-51-76(89)52-36-64/h5-52,82-89H,1-4H3. The number of rotatable bonds is 16. The molecule has 0 fully saturated rings. The van der Waals surface area contributed by atoms with Crippen LogP contribution in [0.1, 0.15) is 117 Å². The molecule has 0 atom stereocenters. The Bertz CT molecular complexity index is 3630. The maximum atomic E-state index is 10.6. The summed E-state index contributed by atoms with van der Waals surface area (Å²) in [5.74, 6) is 1.18. The zero-order chi connectivity index (χ0) is 62.3. The van der Waals surface area contributed by atoms with Crippen LogP contribution in [0.25, 0.3) is 0 Å². The SMILES string of the molecule is CC(c1ccc(O)cc1)(c1ccc(O)cc1)c1ccc(C(c2ccc(C(C)(c3ccc(O)cc3)c3ccc(O)cc3)cc2)(c2ccc(C(C)(c3ccc(O)cc3)c3ccc(O)cc3)cc2)c2ccc(C(C)(c3ccc(O)cc3)c3ccc(O)cc3)cc2)cc1. The Morgan fingerprint density at radius 2 is 0.213 bits per heavy atom. The van der Waals surface area contributed by atoms with Crippen molar-refractivity contribution in [2.24, 2.45) is 0 Å². The van der Waals surface area contributed by atoms with Crippen LogP contribution in [0.3, 0.4) is 0 Å². The minimum absolute atomic E-state index is 0.148. The van der Waals surface area contributed by atoms with Gasteiger partial charge in [0.2, 0.25) is 0 Å². The second-order valence-electron chi connectivity index (χ2n) is 23.9. The van der Waals surface area contributed by atoms with Crippen LogP contribution in [0, 0.1) is 0 Å². The van der Waals surface area contributed by atoms with Crippen LogP contribution in [0.4, 0.5) is 0 Å². The van der Waals surface area contributed by atoms with E-state index in [0.717, 1.165) is 89.0 Å². The van der Waals surface area contributed by atoms with Gasteiger partial charge in [0.05, 0.1) is 5.41 Å². The highest BCUT2D eigenvalue weighted by atomic mass is 16.3. The van der Waals surface area contributed by atoms with Crippen molar-refractivity contribution in [2.45, 2.75) is 54.8 Å². The maximum Gasteiger partial charge on any atom is 0.115 e. The first-order valence-electron chi connectivity index (χ1n) is 29.6. The van der Waals surface area contributed by atoms with Crippen LogP contribution >= 0.6 is 0 Å². The van der Waals surface area contributed by atoms with Crippen molar-refractivity contribution in [3.8, 4) is 46.0 Å². The number of phenols is 8. The highest BCUT2D eigenvalue weighted by Gasteiger charge is 2.43. The predicted molar refractivity (Wildman–Crippen MR) is 352 cm³/mol.